The van der Waals surface area contributed by atoms with E-state index in [1.54, 1.807) is 17.8 Å². The monoisotopic (exact) mass is 183 g/mol. The van der Waals surface area contributed by atoms with Gasteiger partial charge in [0.15, 0.2) is 0 Å². The van der Waals surface area contributed by atoms with Crippen molar-refractivity contribution in [1.82, 2.24) is 9.97 Å². The highest BCUT2D eigenvalue weighted by Gasteiger charge is 2.05. The van der Waals surface area contributed by atoms with Gasteiger partial charge in [0.1, 0.15) is 16.7 Å². The highest BCUT2D eigenvalue weighted by atomic mass is 32.2. The molecule has 0 atom stereocenters. The van der Waals surface area contributed by atoms with Gasteiger partial charge in [0.25, 0.3) is 0 Å². The van der Waals surface area contributed by atoms with E-state index in [0.29, 0.717) is 11.7 Å². The highest BCUT2D eigenvalue weighted by molar-refractivity contribution is 7.98. The fraction of sp³-hybridized carbons (Fsp3) is 0.500. The Balaban J connectivity index is 3.06. The molecule has 0 spiro atoms. The molecule has 1 aromatic rings. The first-order valence-electron chi connectivity index (χ1n) is 3.82. The molecule has 0 aromatic carbocycles. The fourth-order valence-corrected chi connectivity index (χ4v) is 1.25. The molecular weight excluding hydrogens is 170 g/mol. The summed E-state index contributed by atoms with van der Waals surface area (Å²) in [6.45, 7) is 4.11. The summed E-state index contributed by atoms with van der Waals surface area (Å²) in [7, 11) is 0. The number of anilines is 1. The van der Waals surface area contributed by atoms with E-state index in [-0.39, 0.29) is 0 Å². The van der Waals surface area contributed by atoms with Crippen molar-refractivity contribution in [2.45, 2.75) is 24.8 Å². The molecule has 0 fully saturated rings. The first-order chi connectivity index (χ1) is 5.63. The number of rotatable bonds is 2. The van der Waals surface area contributed by atoms with Crippen LogP contribution in [0.15, 0.2) is 11.1 Å². The van der Waals surface area contributed by atoms with E-state index in [1.165, 1.54) is 0 Å². The van der Waals surface area contributed by atoms with Crippen LogP contribution in [0.3, 0.4) is 0 Å². The zero-order chi connectivity index (χ0) is 9.14. The molecule has 1 aromatic heterocycles. The second kappa shape index (κ2) is 3.76. The van der Waals surface area contributed by atoms with Crippen molar-refractivity contribution in [2.24, 2.45) is 0 Å². The minimum atomic E-state index is 0.333. The van der Waals surface area contributed by atoms with E-state index < -0.39 is 0 Å². The van der Waals surface area contributed by atoms with Crippen LogP contribution in [0.1, 0.15) is 25.6 Å². The number of thioether (sulfide) groups is 1. The van der Waals surface area contributed by atoms with E-state index in [1.807, 2.05) is 6.26 Å². The van der Waals surface area contributed by atoms with Crippen LogP contribution in [0.25, 0.3) is 0 Å². The van der Waals surface area contributed by atoms with Gasteiger partial charge in [-0.15, -0.1) is 11.8 Å². The van der Waals surface area contributed by atoms with E-state index in [0.717, 1.165) is 10.9 Å². The first-order valence-corrected chi connectivity index (χ1v) is 5.04. The Kier molecular flexibility index (Phi) is 2.92. The SMILES string of the molecule is CSc1cc(N)nc(C(C)C)n1. The molecule has 12 heavy (non-hydrogen) atoms. The van der Waals surface area contributed by atoms with Crippen LogP contribution in [0.4, 0.5) is 5.82 Å². The summed E-state index contributed by atoms with van der Waals surface area (Å²) >= 11 is 1.58. The maximum absolute atomic E-state index is 5.61. The van der Waals surface area contributed by atoms with Crippen LogP contribution in [0.5, 0.6) is 0 Å². The van der Waals surface area contributed by atoms with Crippen molar-refractivity contribution in [1.29, 1.82) is 0 Å². The predicted octanol–water partition coefficient (Wildman–Crippen LogP) is 1.90. The summed E-state index contributed by atoms with van der Waals surface area (Å²) in [5.41, 5.74) is 5.61. The topological polar surface area (TPSA) is 51.8 Å². The maximum Gasteiger partial charge on any atom is 0.134 e. The Hall–Kier alpha value is -0.770. The highest BCUT2D eigenvalue weighted by Crippen LogP contribution is 2.17. The Morgan fingerprint density at radius 3 is 2.58 bits per heavy atom. The molecule has 4 heteroatoms. The van der Waals surface area contributed by atoms with Crippen LogP contribution < -0.4 is 5.73 Å². The van der Waals surface area contributed by atoms with Crippen LogP contribution in [-0.4, -0.2) is 16.2 Å². The van der Waals surface area contributed by atoms with Gasteiger partial charge in [0, 0.05) is 12.0 Å². The second-order valence-electron chi connectivity index (χ2n) is 2.85. The first kappa shape index (κ1) is 9.32. The largest absolute Gasteiger partial charge is 0.384 e. The summed E-state index contributed by atoms with van der Waals surface area (Å²) in [6, 6.07) is 1.79. The molecule has 0 aliphatic carbocycles. The van der Waals surface area contributed by atoms with Crippen molar-refractivity contribution in [3.05, 3.63) is 11.9 Å². The average Bonchev–Trinajstić information content (AvgIpc) is 2.03. The lowest BCUT2D eigenvalue weighted by Crippen LogP contribution is -2.01. The lowest BCUT2D eigenvalue weighted by Gasteiger charge is -2.05. The number of hydrogen-bond acceptors (Lipinski definition) is 4. The van der Waals surface area contributed by atoms with Crippen molar-refractivity contribution >= 4 is 17.6 Å². The molecular formula is C8H13N3S. The standard InChI is InChI=1S/C8H13N3S/c1-5(2)8-10-6(9)4-7(11-8)12-3/h4-5H,1-3H3,(H2,9,10,11). The number of aromatic nitrogens is 2. The van der Waals surface area contributed by atoms with Crippen LogP contribution in [0, 0.1) is 0 Å². The quantitative estimate of drug-likeness (QED) is 0.562. The molecule has 0 unspecified atom stereocenters. The maximum atomic E-state index is 5.61. The minimum absolute atomic E-state index is 0.333. The number of nitrogens with zero attached hydrogens (tertiary/aromatic N) is 2. The molecule has 0 saturated carbocycles. The summed E-state index contributed by atoms with van der Waals surface area (Å²) in [5, 5.41) is 0.936. The van der Waals surface area contributed by atoms with Crippen LogP contribution in [-0.2, 0) is 0 Å². The van der Waals surface area contributed by atoms with Crippen LogP contribution in [0.2, 0.25) is 0 Å². The third kappa shape index (κ3) is 2.11. The van der Waals surface area contributed by atoms with Crippen molar-refractivity contribution in [3.8, 4) is 0 Å². The van der Waals surface area contributed by atoms with Gasteiger partial charge in [-0.1, -0.05) is 13.8 Å². The van der Waals surface area contributed by atoms with Gasteiger partial charge >= 0.3 is 0 Å². The smallest absolute Gasteiger partial charge is 0.134 e. The minimum Gasteiger partial charge on any atom is -0.384 e. The molecule has 66 valence electrons. The molecule has 1 rings (SSSR count). The summed E-state index contributed by atoms with van der Waals surface area (Å²) in [6.07, 6.45) is 1.98. The van der Waals surface area contributed by atoms with Gasteiger partial charge < -0.3 is 5.73 Å². The average molecular weight is 183 g/mol. The third-order valence-electron chi connectivity index (χ3n) is 1.47. The predicted molar refractivity (Wildman–Crippen MR) is 52.3 cm³/mol. The Bertz CT molecular complexity index is 273. The van der Waals surface area contributed by atoms with Gasteiger partial charge in [0.2, 0.25) is 0 Å². The Morgan fingerprint density at radius 2 is 2.08 bits per heavy atom. The van der Waals surface area contributed by atoms with Gasteiger partial charge in [-0.2, -0.15) is 0 Å². The number of nitrogens with two attached hydrogens (primary N) is 1. The summed E-state index contributed by atoms with van der Waals surface area (Å²) < 4.78 is 0. The van der Waals surface area contributed by atoms with Gasteiger partial charge in [-0.3, -0.25) is 0 Å². The van der Waals surface area contributed by atoms with Crippen molar-refractivity contribution < 1.29 is 0 Å². The number of nitrogen functional groups attached to an aromatic ring is 1. The molecule has 0 amide bonds. The van der Waals surface area contributed by atoms with Crippen LogP contribution >= 0.6 is 11.8 Å². The third-order valence-corrected chi connectivity index (χ3v) is 2.09. The van der Waals surface area contributed by atoms with E-state index in [9.17, 15) is 0 Å². The molecule has 3 nitrogen and oxygen atoms in total. The Morgan fingerprint density at radius 1 is 1.42 bits per heavy atom. The number of hydrogen-bond donors (Lipinski definition) is 1. The van der Waals surface area contributed by atoms with Crippen molar-refractivity contribution in [3.63, 3.8) is 0 Å². The van der Waals surface area contributed by atoms with E-state index in [2.05, 4.69) is 23.8 Å². The zero-order valence-corrected chi connectivity index (χ0v) is 8.35. The fourth-order valence-electron chi connectivity index (χ4n) is 0.824. The molecule has 0 aliphatic rings. The zero-order valence-electron chi connectivity index (χ0n) is 7.53. The molecule has 0 aliphatic heterocycles. The lowest BCUT2D eigenvalue weighted by molar-refractivity contribution is 0.757. The Labute approximate surface area is 76.8 Å². The summed E-state index contributed by atoms with van der Waals surface area (Å²) in [5.74, 6) is 1.71. The molecule has 1 heterocycles. The van der Waals surface area contributed by atoms with Gasteiger partial charge in [-0.25, -0.2) is 9.97 Å². The molecule has 0 saturated heterocycles. The second-order valence-corrected chi connectivity index (χ2v) is 3.67. The van der Waals surface area contributed by atoms with Crippen molar-refractivity contribution in [2.75, 3.05) is 12.0 Å². The van der Waals surface area contributed by atoms with E-state index in [4.69, 9.17) is 5.73 Å². The van der Waals surface area contributed by atoms with Gasteiger partial charge in [0.05, 0.1) is 0 Å². The molecule has 0 bridgehead atoms. The normalized spacial score (nSPS) is 10.7. The summed E-state index contributed by atoms with van der Waals surface area (Å²) in [4.78, 5) is 8.46. The lowest BCUT2D eigenvalue weighted by atomic mass is 10.2. The van der Waals surface area contributed by atoms with Gasteiger partial charge in [-0.05, 0) is 6.26 Å². The van der Waals surface area contributed by atoms with E-state index >= 15 is 0 Å². The molecule has 2 N–H and O–H groups in total. The molecule has 0 radical (unpaired) electrons.